The zero-order valence-electron chi connectivity index (χ0n) is 10.2. The fourth-order valence-electron chi connectivity index (χ4n) is 1.54. The van der Waals surface area contributed by atoms with E-state index in [9.17, 15) is 8.42 Å². The van der Waals surface area contributed by atoms with E-state index in [1.54, 1.807) is 30.5 Å². The Hall–Kier alpha value is -0.760. The Kier molecular flexibility index (Phi) is 4.72. The van der Waals surface area contributed by atoms with Crippen molar-refractivity contribution in [3.05, 3.63) is 45.3 Å². The lowest BCUT2D eigenvalue weighted by molar-refractivity contribution is 0.574. The molecule has 2 rings (SSSR count). The smallest absolute Gasteiger partial charge is 0.241 e. The van der Waals surface area contributed by atoms with Gasteiger partial charge in [-0.05, 0) is 28.1 Å². The van der Waals surface area contributed by atoms with Crippen molar-refractivity contribution in [1.29, 1.82) is 0 Å². The van der Waals surface area contributed by atoms with Gasteiger partial charge in [-0.25, -0.2) is 18.1 Å². The molecule has 102 valence electrons. The molecule has 1 atom stereocenters. The van der Waals surface area contributed by atoms with Gasteiger partial charge in [0.1, 0.15) is 0 Å². The second-order valence-electron chi connectivity index (χ2n) is 4.05. The van der Waals surface area contributed by atoms with Crippen LogP contribution in [0.4, 0.5) is 0 Å². The molecule has 0 aliphatic rings. The second-order valence-corrected chi connectivity index (χ2v) is 7.57. The first-order chi connectivity index (χ1) is 9.00. The number of aromatic nitrogens is 1. The molecule has 0 aliphatic carbocycles. The van der Waals surface area contributed by atoms with Gasteiger partial charge in [0.05, 0.1) is 9.90 Å². The minimum absolute atomic E-state index is 0.0530. The van der Waals surface area contributed by atoms with E-state index in [1.165, 1.54) is 11.3 Å². The van der Waals surface area contributed by atoms with E-state index in [1.807, 2.05) is 12.3 Å². The lowest BCUT2D eigenvalue weighted by atomic mass is 10.2. The van der Waals surface area contributed by atoms with Gasteiger partial charge in [-0.3, -0.25) is 0 Å². The van der Waals surface area contributed by atoms with Gasteiger partial charge in [-0.15, -0.1) is 11.3 Å². The molecule has 0 bridgehead atoms. The molecule has 0 saturated heterocycles. The molecule has 0 fully saturated rings. The van der Waals surface area contributed by atoms with Crippen LogP contribution in [0.15, 0.2) is 45.2 Å². The molecule has 19 heavy (non-hydrogen) atoms. The maximum absolute atomic E-state index is 12.2. The van der Waals surface area contributed by atoms with Crippen LogP contribution in [0.5, 0.6) is 0 Å². The Bertz CT molecular complexity index is 642. The number of benzene rings is 1. The number of thiazole rings is 1. The summed E-state index contributed by atoms with van der Waals surface area (Å²) >= 11 is 4.77. The van der Waals surface area contributed by atoms with Crippen LogP contribution in [-0.4, -0.2) is 19.9 Å². The zero-order chi connectivity index (χ0) is 13.9. The van der Waals surface area contributed by atoms with Crippen molar-refractivity contribution in [2.24, 2.45) is 0 Å². The van der Waals surface area contributed by atoms with Crippen molar-refractivity contribution < 1.29 is 8.42 Å². The fraction of sp³-hybridized carbons (Fsp3) is 0.250. The third-order valence-corrected chi connectivity index (χ3v) is 6.02. The Balaban J connectivity index is 2.09. The summed E-state index contributed by atoms with van der Waals surface area (Å²) in [6, 6.07) is 6.75. The van der Waals surface area contributed by atoms with Crippen molar-refractivity contribution in [2.45, 2.75) is 17.7 Å². The van der Waals surface area contributed by atoms with Crippen LogP contribution < -0.4 is 4.72 Å². The van der Waals surface area contributed by atoms with Crippen LogP contribution >= 0.6 is 27.3 Å². The van der Waals surface area contributed by atoms with E-state index in [0.717, 1.165) is 5.01 Å². The number of nitrogens with zero attached hydrogens (tertiary/aromatic N) is 1. The maximum Gasteiger partial charge on any atom is 0.241 e. The molecular weight excluding hydrogens is 348 g/mol. The van der Waals surface area contributed by atoms with E-state index in [4.69, 9.17) is 0 Å². The van der Waals surface area contributed by atoms with E-state index < -0.39 is 10.0 Å². The molecule has 0 spiro atoms. The molecule has 0 radical (unpaired) electrons. The fourth-order valence-corrected chi connectivity index (χ4v) is 4.37. The van der Waals surface area contributed by atoms with Crippen LogP contribution in [0, 0.1) is 0 Å². The monoisotopic (exact) mass is 360 g/mol. The molecule has 2 aromatic rings. The van der Waals surface area contributed by atoms with Crippen molar-refractivity contribution in [1.82, 2.24) is 9.71 Å². The first-order valence-electron chi connectivity index (χ1n) is 5.64. The van der Waals surface area contributed by atoms with Gasteiger partial charge in [0, 0.05) is 28.5 Å². The molecule has 1 unspecified atom stereocenters. The Morgan fingerprint density at radius 1 is 1.42 bits per heavy atom. The minimum atomic E-state index is -3.50. The predicted molar refractivity (Wildman–Crippen MR) is 79.9 cm³/mol. The summed E-state index contributed by atoms with van der Waals surface area (Å²) in [5.74, 6) is 0.0530. The Labute approximate surface area is 125 Å². The summed E-state index contributed by atoms with van der Waals surface area (Å²) in [4.78, 5) is 4.43. The average Bonchev–Trinajstić information content (AvgIpc) is 2.90. The standard InChI is InChI=1S/C12H13BrN2O2S2/c1-9(12-14-6-7-18-12)8-15-19(16,17)11-5-3-2-4-10(11)13/h2-7,9,15H,8H2,1H3. The van der Waals surface area contributed by atoms with E-state index in [-0.39, 0.29) is 10.8 Å². The number of hydrogen-bond donors (Lipinski definition) is 1. The Morgan fingerprint density at radius 3 is 2.79 bits per heavy atom. The predicted octanol–water partition coefficient (Wildman–Crippen LogP) is 2.99. The highest BCUT2D eigenvalue weighted by atomic mass is 79.9. The molecular formula is C12H13BrN2O2S2. The maximum atomic E-state index is 12.2. The Morgan fingerprint density at radius 2 is 2.16 bits per heavy atom. The summed E-state index contributed by atoms with van der Waals surface area (Å²) in [6.07, 6.45) is 1.72. The van der Waals surface area contributed by atoms with E-state index in [2.05, 4.69) is 25.6 Å². The van der Waals surface area contributed by atoms with Crippen molar-refractivity contribution in [2.75, 3.05) is 6.54 Å². The number of hydrogen-bond acceptors (Lipinski definition) is 4. The van der Waals surface area contributed by atoms with Crippen LogP contribution in [0.3, 0.4) is 0 Å². The van der Waals surface area contributed by atoms with Crippen molar-refractivity contribution >= 4 is 37.3 Å². The molecule has 1 N–H and O–H groups in total. The molecule has 0 amide bonds. The van der Waals surface area contributed by atoms with Crippen molar-refractivity contribution in [3.8, 4) is 0 Å². The van der Waals surface area contributed by atoms with Crippen LogP contribution in [-0.2, 0) is 10.0 Å². The van der Waals surface area contributed by atoms with Crippen LogP contribution in [0.1, 0.15) is 17.8 Å². The number of nitrogens with one attached hydrogen (secondary N) is 1. The summed E-state index contributed by atoms with van der Waals surface area (Å²) in [7, 11) is -3.50. The number of sulfonamides is 1. The quantitative estimate of drug-likeness (QED) is 0.891. The molecule has 7 heteroatoms. The third kappa shape index (κ3) is 3.62. The summed E-state index contributed by atoms with van der Waals surface area (Å²) < 4.78 is 27.5. The van der Waals surface area contributed by atoms with E-state index >= 15 is 0 Å². The van der Waals surface area contributed by atoms with Gasteiger partial charge in [0.25, 0.3) is 0 Å². The summed E-state index contributed by atoms with van der Waals surface area (Å²) in [5.41, 5.74) is 0. The highest BCUT2D eigenvalue weighted by molar-refractivity contribution is 9.10. The van der Waals surface area contributed by atoms with Gasteiger partial charge < -0.3 is 0 Å². The highest BCUT2D eigenvalue weighted by Gasteiger charge is 2.18. The van der Waals surface area contributed by atoms with Gasteiger partial charge in [-0.2, -0.15) is 0 Å². The van der Waals surface area contributed by atoms with Gasteiger partial charge in [0.15, 0.2) is 0 Å². The number of rotatable bonds is 5. The number of halogens is 1. The topological polar surface area (TPSA) is 59.1 Å². The van der Waals surface area contributed by atoms with E-state index in [0.29, 0.717) is 11.0 Å². The minimum Gasteiger partial charge on any atom is -0.249 e. The largest absolute Gasteiger partial charge is 0.249 e. The molecule has 4 nitrogen and oxygen atoms in total. The third-order valence-electron chi connectivity index (χ3n) is 2.58. The summed E-state index contributed by atoms with van der Waals surface area (Å²) in [5, 5.41) is 2.81. The second kappa shape index (κ2) is 6.13. The highest BCUT2D eigenvalue weighted by Crippen LogP contribution is 2.22. The van der Waals surface area contributed by atoms with Crippen LogP contribution in [0.25, 0.3) is 0 Å². The van der Waals surface area contributed by atoms with Gasteiger partial charge in [-0.1, -0.05) is 19.1 Å². The molecule has 1 heterocycles. The lowest BCUT2D eigenvalue weighted by Crippen LogP contribution is -2.28. The first kappa shape index (κ1) is 14.6. The first-order valence-corrected chi connectivity index (χ1v) is 8.80. The molecule has 1 aromatic carbocycles. The average molecular weight is 361 g/mol. The zero-order valence-corrected chi connectivity index (χ0v) is 13.4. The SMILES string of the molecule is CC(CNS(=O)(=O)c1ccccc1Br)c1nccs1. The molecule has 0 aliphatic heterocycles. The van der Waals surface area contributed by atoms with Crippen LogP contribution in [0.2, 0.25) is 0 Å². The lowest BCUT2D eigenvalue weighted by Gasteiger charge is -2.11. The van der Waals surface area contributed by atoms with Crippen molar-refractivity contribution in [3.63, 3.8) is 0 Å². The molecule has 1 aromatic heterocycles. The van der Waals surface area contributed by atoms with Gasteiger partial charge in [0.2, 0.25) is 10.0 Å². The van der Waals surface area contributed by atoms with Gasteiger partial charge >= 0.3 is 0 Å². The molecule has 0 saturated carbocycles. The summed E-state index contributed by atoms with van der Waals surface area (Å²) in [6.45, 7) is 2.28. The normalized spacial score (nSPS) is 13.4.